The number of thiazole rings is 1. The van der Waals surface area contributed by atoms with Gasteiger partial charge in [0.05, 0.1) is 0 Å². The molecule has 0 radical (unpaired) electrons. The quantitative estimate of drug-likeness (QED) is 0.891. The fraction of sp³-hybridized carbons (Fsp3) is 0.333. The molecule has 0 spiro atoms. The second kappa shape index (κ2) is 5.91. The summed E-state index contributed by atoms with van der Waals surface area (Å²) in [7, 11) is 0. The Kier molecular flexibility index (Phi) is 3.98. The summed E-state index contributed by atoms with van der Waals surface area (Å²) in [4.78, 5) is 16.4. The molecule has 1 aliphatic carbocycles. The van der Waals surface area contributed by atoms with Crippen molar-refractivity contribution in [2.24, 2.45) is 11.7 Å². The van der Waals surface area contributed by atoms with Crippen LogP contribution in [0.1, 0.15) is 23.3 Å². The number of nitrogens with two attached hydrogens (primary N) is 1. The van der Waals surface area contributed by atoms with Crippen molar-refractivity contribution in [1.82, 2.24) is 10.3 Å². The molecule has 1 saturated carbocycles. The molecular weight excluding hydrogens is 289 g/mol. The van der Waals surface area contributed by atoms with Crippen molar-refractivity contribution in [2.45, 2.75) is 18.9 Å². The minimum Gasteiger partial charge on any atom is -0.346 e. The Labute approximate surface area is 126 Å². The highest BCUT2D eigenvalue weighted by Crippen LogP contribution is 2.32. The highest BCUT2D eigenvalue weighted by molar-refractivity contribution is 7.13. The predicted octanol–water partition coefficient (Wildman–Crippen LogP) is 2.42. The fourth-order valence-electron chi connectivity index (χ4n) is 2.25. The maximum Gasteiger partial charge on any atom is 0.271 e. The number of hydrogen-bond acceptors (Lipinski definition) is 4. The van der Waals surface area contributed by atoms with E-state index in [2.05, 4.69) is 10.3 Å². The predicted molar refractivity (Wildman–Crippen MR) is 80.5 cm³/mol. The Morgan fingerprint density at radius 2 is 2.24 bits per heavy atom. The topological polar surface area (TPSA) is 68.0 Å². The molecule has 1 fully saturated rings. The molecule has 0 saturated heterocycles. The lowest BCUT2D eigenvalue weighted by Crippen LogP contribution is -2.41. The molecule has 3 rings (SSSR count). The summed E-state index contributed by atoms with van der Waals surface area (Å²) in [6.45, 7) is 0.431. The molecule has 0 aliphatic heterocycles. The van der Waals surface area contributed by atoms with Gasteiger partial charge in [-0.25, -0.2) is 9.37 Å². The highest BCUT2D eigenvalue weighted by Gasteiger charge is 2.31. The van der Waals surface area contributed by atoms with E-state index in [1.165, 1.54) is 17.4 Å². The summed E-state index contributed by atoms with van der Waals surface area (Å²) in [5.41, 5.74) is 6.41. The maximum absolute atomic E-state index is 13.7. The Hall–Kier alpha value is -1.79. The number of halogens is 1. The van der Waals surface area contributed by atoms with Crippen molar-refractivity contribution in [3.63, 3.8) is 0 Å². The lowest BCUT2D eigenvalue weighted by atomic mass is 10.2. The summed E-state index contributed by atoms with van der Waals surface area (Å²) in [6, 6.07) is 6.42. The summed E-state index contributed by atoms with van der Waals surface area (Å²) in [5.74, 6) is -0.0866. The normalized spacial score (nSPS) is 15.7. The molecule has 0 bridgehead atoms. The van der Waals surface area contributed by atoms with Crippen molar-refractivity contribution in [3.05, 3.63) is 41.2 Å². The van der Waals surface area contributed by atoms with Crippen LogP contribution in [0.25, 0.3) is 10.6 Å². The molecule has 3 N–H and O–H groups in total. The summed E-state index contributed by atoms with van der Waals surface area (Å²) in [6.07, 6.45) is 2.22. The second-order valence-corrected chi connectivity index (χ2v) is 6.03. The molecule has 1 aromatic carbocycles. The molecular formula is C15H16FN3OS. The van der Waals surface area contributed by atoms with E-state index in [-0.39, 0.29) is 17.8 Å². The third kappa shape index (κ3) is 3.11. The second-order valence-electron chi connectivity index (χ2n) is 5.17. The average Bonchev–Trinajstić information content (AvgIpc) is 3.21. The Balaban J connectivity index is 1.75. The van der Waals surface area contributed by atoms with Gasteiger partial charge < -0.3 is 11.1 Å². The molecule has 2 aromatic rings. The first-order valence-corrected chi connectivity index (χ1v) is 7.78. The van der Waals surface area contributed by atoms with Crippen LogP contribution in [0.3, 0.4) is 0 Å². The van der Waals surface area contributed by atoms with Crippen molar-refractivity contribution >= 4 is 17.2 Å². The molecule has 6 heteroatoms. The molecule has 1 unspecified atom stereocenters. The van der Waals surface area contributed by atoms with E-state index in [0.29, 0.717) is 28.7 Å². The van der Waals surface area contributed by atoms with Gasteiger partial charge in [-0.15, -0.1) is 11.3 Å². The SMILES string of the molecule is NCC(NC(=O)c1csc(-c2ccccc2F)n1)C1CC1. The number of aromatic nitrogens is 1. The fourth-order valence-corrected chi connectivity index (χ4v) is 3.07. The number of hydrogen-bond donors (Lipinski definition) is 2. The zero-order valence-corrected chi connectivity index (χ0v) is 12.2. The van der Waals surface area contributed by atoms with Crippen molar-refractivity contribution < 1.29 is 9.18 Å². The number of rotatable bonds is 5. The van der Waals surface area contributed by atoms with Gasteiger partial charge in [-0.3, -0.25) is 4.79 Å². The van der Waals surface area contributed by atoms with Gasteiger partial charge in [0.25, 0.3) is 5.91 Å². The van der Waals surface area contributed by atoms with Gasteiger partial charge >= 0.3 is 0 Å². The van der Waals surface area contributed by atoms with E-state index in [9.17, 15) is 9.18 Å². The van der Waals surface area contributed by atoms with Crippen LogP contribution in [0, 0.1) is 11.7 Å². The summed E-state index contributed by atoms with van der Waals surface area (Å²) in [5, 5.41) is 5.07. The molecule has 1 amide bonds. The lowest BCUT2D eigenvalue weighted by Gasteiger charge is -2.14. The van der Waals surface area contributed by atoms with Crippen LogP contribution >= 0.6 is 11.3 Å². The first-order valence-electron chi connectivity index (χ1n) is 6.90. The number of carbonyl (C=O) groups excluding carboxylic acids is 1. The van der Waals surface area contributed by atoms with Gasteiger partial charge in [-0.1, -0.05) is 12.1 Å². The van der Waals surface area contributed by atoms with E-state index in [0.717, 1.165) is 12.8 Å². The molecule has 110 valence electrons. The number of benzene rings is 1. The minimum absolute atomic E-state index is 0.0103. The molecule has 1 aliphatic rings. The van der Waals surface area contributed by atoms with Crippen LogP contribution < -0.4 is 11.1 Å². The number of nitrogens with one attached hydrogen (secondary N) is 1. The zero-order valence-electron chi connectivity index (χ0n) is 11.4. The molecule has 4 nitrogen and oxygen atoms in total. The monoisotopic (exact) mass is 305 g/mol. The van der Waals surface area contributed by atoms with Crippen molar-refractivity contribution in [2.75, 3.05) is 6.54 Å². The van der Waals surface area contributed by atoms with Gasteiger partial charge in [-0.2, -0.15) is 0 Å². The number of nitrogens with zero attached hydrogens (tertiary/aromatic N) is 1. The molecule has 1 aromatic heterocycles. The smallest absolute Gasteiger partial charge is 0.271 e. The van der Waals surface area contributed by atoms with Gasteiger partial charge in [0.1, 0.15) is 16.5 Å². The largest absolute Gasteiger partial charge is 0.346 e. The Morgan fingerprint density at radius 3 is 2.90 bits per heavy atom. The molecule has 1 heterocycles. The van der Waals surface area contributed by atoms with Crippen LogP contribution in [0.2, 0.25) is 0 Å². The average molecular weight is 305 g/mol. The zero-order chi connectivity index (χ0) is 14.8. The van der Waals surface area contributed by atoms with E-state index in [4.69, 9.17) is 5.73 Å². The Morgan fingerprint density at radius 1 is 1.48 bits per heavy atom. The summed E-state index contributed by atoms with van der Waals surface area (Å²) >= 11 is 1.26. The molecule has 1 atom stereocenters. The lowest BCUT2D eigenvalue weighted by molar-refractivity contribution is 0.0929. The van der Waals surface area contributed by atoms with E-state index in [1.54, 1.807) is 23.6 Å². The number of amides is 1. The van der Waals surface area contributed by atoms with Crippen molar-refractivity contribution in [1.29, 1.82) is 0 Å². The first kappa shape index (κ1) is 14.2. The summed E-state index contributed by atoms with van der Waals surface area (Å²) < 4.78 is 13.7. The van der Waals surface area contributed by atoms with Gasteiger partial charge in [0, 0.05) is 23.5 Å². The van der Waals surface area contributed by atoms with Crippen molar-refractivity contribution in [3.8, 4) is 10.6 Å². The van der Waals surface area contributed by atoms with Gasteiger partial charge in [-0.05, 0) is 30.9 Å². The van der Waals surface area contributed by atoms with E-state index < -0.39 is 0 Å². The minimum atomic E-state index is -0.336. The van der Waals surface area contributed by atoms with Crippen LogP contribution in [0.15, 0.2) is 29.6 Å². The highest BCUT2D eigenvalue weighted by atomic mass is 32.1. The maximum atomic E-state index is 13.7. The number of carbonyl (C=O) groups is 1. The van der Waals surface area contributed by atoms with Gasteiger partial charge in [0.15, 0.2) is 0 Å². The third-order valence-corrected chi connectivity index (χ3v) is 4.48. The molecule has 21 heavy (non-hydrogen) atoms. The van der Waals surface area contributed by atoms with Crippen LogP contribution in [-0.2, 0) is 0 Å². The van der Waals surface area contributed by atoms with Crippen LogP contribution in [0.4, 0.5) is 4.39 Å². The van der Waals surface area contributed by atoms with E-state index in [1.807, 2.05) is 0 Å². The van der Waals surface area contributed by atoms with Crippen LogP contribution in [-0.4, -0.2) is 23.5 Å². The van der Waals surface area contributed by atoms with Gasteiger partial charge in [0.2, 0.25) is 0 Å². The third-order valence-electron chi connectivity index (χ3n) is 3.60. The standard InChI is InChI=1S/C15H16FN3OS/c16-11-4-2-1-3-10(11)15-19-13(8-21-15)14(20)18-12(7-17)9-5-6-9/h1-4,8-9,12H,5-7,17H2,(H,18,20). The van der Waals surface area contributed by atoms with E-state index >= 15 is 0 Å². The van der Waals surface area contributed by atoms with Crippen LogP contribution in [0.5, 0.6) is 0 Å². The Bertz CT molecular complexity index is 654. The first-order chi connectivity index (χ1) is 10.2.